The van der Waals surface area contributed by atoms with Crippen molar-refractivity contribution in [1.29, 1.82) is 0 Å². The molecule has 1 atom stereocenters. The second-order valence-electron chi connectivity index (χ2n) is 8.95. The fraction of sp³-hybridized carbons (Fsp3) is 0.500. The van der Waals surface area contributed by atoms with Crippen LogP contribution in [0.25, 0.3) is 10.8 Å². The third kappa shape index (κ3) is 3.31. The van der Waals surface area contributed by atoms with Gasteiger partial charge < -0.3 is 15.1 Å². The number of nitrogens with zero attached hydrogens (tertiary/aromatic N) is 2. The SMILES string of the molecule is O=C(C(=O)N1CCCC1c1cccc2ccccc12)N1CCC2(CCNCC2)C1. The van der Waals surface area contributed by atoms with Crippen LogP contribution in [0.15, 0.2) is 42.5 Å². The van der Waals surface area contributed by atoms with E-state index < -0.39 is 0 Å². The first kappa shape index (κ1) is 18.6. The van der Waals surface area contributed by atoms with Gasteiger partial charge in [-0.05, 0) is 66.9 Å². The van der Waals surface area contributed by atoms with E-state index in [1.54, 1.807) is 0 Å². The predicted molar refractivity (Wildman–Crippen MR) is 113 cm³/mol. The molecule has 1 N–H and O–H groups in total. The molecule has 2 aromatic rings. The molecule has 0 saturated carbocycles. The molecule has 3 heterocycles. The summed E-state index contributed by atoms with van der Waals surface area (Å²) in [6.07, 6.45) is 5.10. The van der Waals surface area contributed by atoms with E-state index in [1.165, 1.54) is 10.8 Å². The zero-order valence-corrected chi connectivity index (χ0v) is 16.9. The number of carbonyl (C=O) groups excluding carboxylic acids is 2. The Morgan fingerprint density at radius 3 is 2.59 bits per heavy atom. The Hall–Kier alpha value is -2.40. The number of nitrogens with one attached hydrogen (secondary N) is 1. The summed E-state index contributed by atoms with van der Waals surface area (Å²) in [5.41, 5.74) is 1.39. The maximum absolute atomic E-state index is 13.2. The van der Waals surface area contributed by atoms with Crippen molar-refractivity contribution in [1.82, 2.24) is 15.1 Å². The molecule has 0 aliphatic carbocycles. The molecule has 1 spiro atoms. The molecule has 3 saturated heterocycles. The number of likely N-dealkylation sites (tertiary alicyclic amines) is 2. The van der Waals surface area contributed by atoms with Crippen LogP contribution in [0.5, 0.6) is 0 Å². The lowest BCUT2D eigenvalue weighted by atomic mass is 9.78. The second kappa shape index (κ2) is 7.45. The normalized spacial score (nSPS) is 23.8. The van der Waals surface area contributed by atoms with Crippen LogP contribution in [0.1, 0.15) is 43.7 Å². The molecule has 152 valence electrons. The summed E-state index contributed by atoms with van der Waals surface area (Å²) in [5, 5.41) is 5.77. The fourth-order valence-electron chi connectivity index (χ4n) is 5.61. The van der Waals surface area contributed by atoms with Crippen LogP contribution >= 0.6 is 0 Å². The Bertz CT molecular complexity index is 929. The molecule has 2 aromatic carbocycles. The predicted octanol–water partition coefficient (Wildman–Crippen LogP) is 3.11. The average molecular weight is 392 g/mol. The van der Waals surface area contributed by atoms with E-state index in [9.17, 15) is 9.59 Å². The van der Waals surface area contributed by atoms with Gasteiger partial charge in [0.15, 0.2) is 0 Å². The van der Waals surface area contributed by atoms with Gasteiger partial charge >= 0.3 is 11.8 Å². The molecule has 5 rings (SSSR count). The molecule has 0 bridgehead atoms. The number of amides is 2. The third-order valence-corrected chi connectivity index (χ3v) is 7.27. The van der Waals surface area contributed by atoms with Gasteiger partial charge in [-0.25, -0.2) is 0 Å². The van der Waals surface area contributed by atoms with E-state index in [-0.39, 0.29) is 23.3 Å². The highest BCUT2D eigenvalue weighted by Gasteiger charge is 2.44. The lowest BCUT2D eigenvalue weighted by Gasteiger charge is -2.34. The third-order valence-electron chi connectivity index (χ3n) is 7.27. The first-order valence-corrected chi connectivity index (χ1v) is 11.0. The molecular weight excluding hydrogens is 362 g/mol. The van der Waals surface area contributed by atoms with Crippen LogP contribution in [0.4, 0.5) is 0 Å². The topological polar surface area (TPSA) is 52.7 Å². The van der Waals surface area contributed by atoms with Crippen LogP contribution in [-0.2, 0) is 9.59 Å². The monoisotopic (exact) mass is 391 g/mol. The van der Waals surface area contributed by atoms with Crippen molar-refractivity contribution in [3.8, 4) is 0 Å². The lowest BCUT2D eigenvalue weighted by molar-refractivity contribution is -0.152. The Labute approximate surface area is 172 Å². The molecule has 0 aromatic heterocycles. The Kier molecular flexibility index (Phi) is 4.78. The van der Waals surface area contributed by atoms with Gasteiger partial charge in [-0.15, -0.1) is 0 Å². The number of fused-ring (bicyclic) bond motifs is 1. The summed E-state index contributed by atoms with van der Waals surface area (Å²) < 4.78 is 0. The quantitative estimate of drug-likeness (QED) is 0.760. The van der Waals surface area contributed by atoms with Crippen molar-refractivity contribution in [3.05, 3.63) is 48.0 Å². The number of piperidine rings is 1. The summed E-state index contributed by atoms with van der Waals surface area (Å²) in [5.74, 6) is -0.612. The molecule has 2 amide bonds. The molecule has 1 unspecified atom stereocenters. The summed E-state index contributed by atoms with van der Waals surface area (Å²) in [6, 6.07) is 14.6. The number of hydrogen-bond donors (Lipinski definition) is 1. The van der Waals surface area contributed by atoms with Gasteiger partial charge in [0.2, 0.25) is 0 Å². The minimum atomic E-state index is -0.314. The fourth-order valence-corrected chi connectivity index (χ4v) is 5.61. The number of carbonyl (C=O) groups is 2. The van der Waals surface area contributed by atoms with E-state index in [4.69, 9.17) is 0 Å². The van der Waals surface area contributed by atoms with Crippen molar-refractivity contribution in [2.45, 2.75) is 38.1 Å². The van der Waals surface area contributed by atoms with Crippen LogP contribution < -0.4 is 5.32 Å². The highest BCUT2D eigenvalue weighted by atomic mass is 16.2. The molecule has 3 fully saturated rings. The smallest absolute Gasteiger partial charge is 0.312 e. The van der Waals surface area contributed by atoms with Crippen molar-refractivity contribution < 1.29 is 9.59 Å². The summed E-state index contributed by atoms with van der Waals surface area (Å²) >= 11 is 0. The van der Waals surface area contributed by atoms with Crippen molar-refractivity contribution in [3.63, 3.8) is 0 Å². The van der Waals surface area contributed by atoms with Crippen LogP contribution in [0.2, 0.25) is 0 Å². The minimum Gasteiger partial charge on any atom is -0.334 e. The average Bonchev–Trinajstić information content (AvgIpc) is 3.41. The minimum absolute atomic E-state index is 0.00649. The van der Waals surface area contributed by atoms with E-state index in [0.29, 0.717) is 6.54 Å². The maximum atomic E-state index is 13.2. The highest BCUT2D eigenvalue weighted by Crippen LogP contribution is 2.40. The second-order valence-corrected chi connectivity index (χ2v) is 8.95. The van der Waals surface area contributed by atoms with Crippen molar-refractivity contribution in [2.24, 2.45) is 5.41 Å². The highest BCUT2D eigenvalue weighted by molar-refractivity contribution is 6.35. The molecule has 0 radical (unpaired) electrons. The summed E-state index contributed by atoms with van der Waals surface area (Å²) in [7, 11) is 0. The van der Waals surface area contributed by atoms with Crippen LogP contribution in [0, 0.1) is 5.41 Å². The largest absolute Gasteiger partial charge is 0.334 e. The lowest BCUT2D eigenvalue weighted by Crippen LogP contribution is -2.46. The zero-order chi connectivity index (χ0) is 19.8. The number of benzene rings is 2. The van der Waals surface area contributed by atoms with Gasteiger partial charge in [-0.2, -0.15) is 0 Å². The van der Waals surface area contributed by atoms with Gasteiger partial charge in [0.25, 0.3) is 0 Å². The molecule has 3 aliphatic heterocycles. The zero-order valence-electron chi connectivity index (χ0n) is 16.9. The molecule has 5 heteroatoms. The van der Waals surface area contributed by atoms with E-state index in [1.807, 2.05) is 21.9 Å². The van der Waals surface area contributed by atoms with Gasteiger partial charge in [0.1, 0.15) is 0 Å². The summed E-state index contributed by atoms with van der Waals surface area (Å²) in [6.45, 7) is 4.17. The first-order valence-electron chi connectivity index (χ1n) is 11.0. The van der Waals surface area contributed by atoms with Gasteiger partial charge in [-0.3, -0.25) is 9.59 Å². The maximum Gasteiger partial charge on any atom is 0.312 e. The van der Waals surface area contributed by atoms with Gasteiger partial charge in [0, 0.05) is 19.6 Å². The first-order chi connectivity index (χ1) is 14.2. The van der Waals surface area contributed by atoms with Crippen molar-refractivity contribution in [2.75, 3.05) is 32.7 Å². The van der Waals surface area contributed by atoms with Gasteiger partial charge in [0.05, 0.1) is 6.04 Å². The molecular formula is C24H29N3O2. The molecule has 3 aliphatic rings. The molecule has 5 nitrogen and oxygen atoms in total. The van der Waals surface area contributed by atoms with Crippen LogP contribution in [0.3, 0.4) is 0 Å². The van der Waals surface area contributed by atoms with Crippen LogP contribution in [-0.4, -0.2) is 54.3 Å². The van der Waals surface area contributed by atoms with E-state index in [0.717, 1.165) is 63.8 Å². The number of hydrogen-bond acceptors (Lipinski definition) is 3. The standard InChI is InChI=1S/C24H29N3O2/c28-22(26-16-12-24(17-26)10-13-25-14-11-24)23(29)27-15-4-9-21(27)20-8-3-6-18-5-1-2-7-19(18)20/h1-3,5-8,21,25H,4,9-17H2. The Balaban J connectivity index is 1.36. The Morgan fingerprint density at radius 1 is 0.931 bits per heavy atom. The Morgan fingerprint density at radius 2 is 1.72 bits per heavy atom. The van der Waals surface area contributed by atoms with Gasteiger partial charge in [-0.1, -0.05) is 42.5 Å². The number of rotatable bonds is 1. The van der Waals surface area contributed by atoms with E-state index >= 15 is 0 Å². The van der Waals surface area contributed by atoms with Crippen molar-refractivity contribution >= 4 is 22.6 Å². The summed E-state index contributed by atoms with van der Waals surface area (Å²) in [4.78, 5) is 30.0. The van der Waals surface area contributed by atoms with E-state index in [2.05, 4.69) is 35.6 Å². The molecule has 29 heavy (non-hydrogen) atoms.